The van der Waals surface area contributed by atoms with E-state index in [1.807, 2.05) is 12.1 Å². The van der Waals surface area contributed by atoms with Crippen LogP contribution in [0.4, 0.5) is 0 Å². The Morgan fingerprint density at radius 1 is 1.44 bits per heavy atom. The van der Waals surface area contributed by atoms with E-state index in [0.717, 1.165) is 9.86 Å². The number of nitrogens with zero attached hydrogens (tertiary/aromatic N) is 1. The van der Waals surface area contributed by atoms with Crippen LogP contribution in [-0.2, 0) is 4.79 Å². The van der Waals surface area contributed by atoms with E-state index in [-0.39, 0.29) is 5.88 Å². The van der Waals surface area contributed by atoms with Crippen molar-refractivity contribution in [1.29, 1.82) is 0 Å². The van der Waals surface area contributed by atoms with E-state index in [4.69, 9.17) is 16.3 Å². The quantitative estimate of drug-likeness (QED) is 0.756. The molecule has 82 valence electrons. The highest BCUT2D eigenvalue weighted by Gasteiger charge is 2.11. The van der Waals surface area contributed by atoms with Gasteiger partial charge in [0.2, 0.25) is 5.88 Å². The van der Waals surface area contributed by atoms with Crippen LogP contribution in [0.5, 0.6) is 5.88 Å². The molecule has 0 radical (unpaired) electrons. The molecule has 16 heavy (non-hydrogen) atoms. The summed E-state index contributed by atoms with van der Waals surface area (Å²) < 4.78 is 5.75. The minimum Gasteiger partial charge on any atom is -0.407 e. The van der Waals surface area contributed by atoms with Crippen LogP contribution in [0, 0.1) is 0 Å². The number of halogens is 2. The second kappa shape index (κ2) is 4.39. The smallest absolute Gasteiger partial charge is 0.309 e. The van der Waals surface area contributed by atoms with Crippen LogP contribution < -0.4 is 4.74 Å². The minimum absolute atomic E-state index is 0.233. The maximum atomic E-state index is 10.9. The lowest BCUT2D eigenvalue weighted by Crippen LogP contribution is -2.03. The van der Waals surface area contributed by atoms with E-state index < -0.39 is 5.97 Å². The molecule has 2 rings (SSSR count). The Hall–Kier alpha value is -1.13. The lowest BCUT2D eigenvalue weighted by molar-refractivity contribution is -0.132. The fraction of sp³-hybridized carbons (Fsp3) is 0.0909. The highest BCUT2D eigenvalue weighted by atomic mass is 79.9. The summed E-state index contributed by atoms with van der Waals surface area (Å²) in [6.45, 7) is 1.33. The molecule has 3 nitrogen and oxygen atoms in total. The molecule has 0 bridgehead atoms. The zero-order valence-electron chi connectivity index (χ0n) is 8.33. The molecule has 1 aromatic carbocycles. The molecule has 0 saturated heterocycles. The zero-order valence-corrected chi connectivity index (χ0v) is 10.7. The number of rotatable bonds is 1. The van der Waals surface area contributed by atoms with Crippen molar-refractivity contribution in [3.05, 3.63) is 33.9 Å². The van der Waals surface area contributed by atoms with Gasteiger partial charge in [-0.05, 0) is 33.4 Å². The van der Waals surface area contributed by atoms with Gasteiger partial charge in [-0.2, -0.15) is 0 Å². The largest absolute Gasteiger partial charge is 0.407 e. The van der Waals surface area contributed by atoms with Crippen molar-refractivity contribution in [3.63, 3.8) is 0 Å². The first-order valence-electron chi connectivity index (χ1n) is 4.50. The number of benzene rings is 1. The Morgan fingerprint density at radius 3 is 2.88 bits per heavy atom. The molecule has 0 fully saturated rings. The average molecular weight is 301 g/mol. The van der Waals surface area contributed by atoms with Crippen molar-refractivity contribution >= 4 is 44.3 Å². The van der Waals surface area contributed by atoms with E-state index >= 15 is 0 Å². The average Bonchev–Trinajstić information content (AvgIpc) is 2.23. The Labute approximate surface area is 106 Å². The maximum Gasteiger partial charge on any atom is 0.309 e. The van der Waals surface area contributed by atoms with E-state index in [1.54, 1.807) is 12.3 Å². The summed E-state index contributed by atoms with van der Waals surface area (Å²) in [6, 6.07) is 5.52. The number of aromatic nitrogens is 1. The van der Waals surface area contributed by atoms with Crippen molar-refractivity contribution in [2.75, 3.05) is 0 Å². The summed E-state index contributed by atoms with van der Waals surface area (Å²) in [4.78, 5) is 14.9. The number of hydrogen-bond donors (Lipinski definition) is 0. The van der Waals surface area contributed by atoms with Gasteiger partial charge in [0.1, 0.15) is 0 Å². The maximum absolute atomic E-state index is 10.9. The van der Waals surface area contributed by atoms with E-state index in [9.17, 15) is 4.79 Å². The monoisotopic (exact) mass is 299 g/mol. The van der Waals surface area contributed by atoms with Crippen LogP contribution in [0.2, 0.25) is 5.02 Å². The fourth-order valence-electron chi connectivity index (χ4n) is 1.39. The number of carbonyl (C=O) groups excluding carboxylic acids is 1. The van der Waals surface area contributed by atoms with Gasteiger partial charge in [-0.25, -0.2) is 4.98 Å². The van der Waals surface area contributed by atoms with Gasteiger partial charge in [0.25, 0.3) is 0 Å². The van der Waals surface area contributed by atoms with Crippen molar-refractivity contribution in [2.24, 2.45) is 0 Å². The van der Waals surface area contributed by atoms with Gasteiger partial charge < -0.3 is 4.74 Å². The molecule has 0 amide bonds. The first kappa shape index (κ1) is 11.4. The highest BCUT2D eigenvalue weighted by molar-refractivity contribution is 9.10. The Morgan fingerprint density at radius 2 is 2.19 bits per heavy atom. The SMILES string of the molecule is CC(=O)Oc1nccc2ccc(Br)c(Cl)c12. The first-order valence-corrected chi connectivity index (χ1v) is 5.68. The Kier molecular flexibility index (Phi) is 3.12. The summed E-state index contributed by atoms with van der Waals surface area (Å²) in [6.07, 6.45) is 1.57. The highest BCUT2D eigenvalue weighted by Crippen LogP contribution is 2.35. The van der Waals surface area contributed by atoms with Gasteiger partial charge in [0.15, 0.2) is 0 Å². The van der Waals surface area contributed by atoms with Gasteiger partial charge in [-0.3, -0.25) is 4.79 Å². The molecular formula is C11H7BrClNO2. The molecule has 0 saturated carbocycles. The summed E-state index contributed by atoms with van der Waals surface area (Å²) in [5.41, 5.74) is 0. The first-order chi connectivity index (χ1) is 7.59. The minimum atomic E-state index is -0.420. The molecule has 0 atom stereocenters. The van der Waals surface area contributed by atoms with Gasteiger partial charge >= 0.3 is 5.97 Å². The zero-order chi connectivity index (χ0) is 11.7. The molecular weight excluding hydrogens is 293 g/mol. The lowest BCUT2D eigenvalue weighted by Gasteiger charge is -2.07. The van der Waals surface area contributed by atoms with Crippen LogP contribution in [0.25, 0.3) is 10.8 Å². The molecule has 5 heteroatoms. The van der Waals surface area contributed by atoms with Crippen LogP contribution in [0.15, 0.2) is 28.9 Å². The third-order valence-corrected chi connectivity index (χ3v) is 3.31. The lowest BCUT2D eigenvalue weighted by atomic mass is 10.2. The van der Waals surface area contributed by atoms with E-state index in [2.05, 4.69) is 20.9 Å². The van der Waals surface area contributed by atoms with Crippen LogP contribution in [-0.4, -0.2) is 11.0 Å². The van der Waals surface area contributed by atoms with E-state index in [1.165, 1.54) is 6.92 Å². The second-order valence-electron chi connectivity index (χ2n) is 3.17. The molecule has 0 aliphatic rings. The summed E-state index contributed by atoms with van der Waals surface area (Å²) in [7, 11) is 0. The fourth-order valence-corrected chi connectivity index (χ4v) is 1.97. The number of ether oxygens (including phenoxy) is 1. The van der Waals surface area contributed by atoms with Crippen molar-refractivity contribution < 1.29 is 9.53 Å². The molecule has 0 N–H and O–H groups in total. The van der Waals surface area contributed by atoms with Crippen molar-refractivity contribution in [2.45, 2.75) is 6.92 Å². The van der Waals surface area contributed by atoms with Gasteiger partial charge in [-0.1, -0.05) is 17.7 Å². The number of fused-ring (bicyclic) bond motifs is 1. The van der Waals surface area contributed by atoms with Crippen LogP contribution in [0.1, 0.15) is 6.92 Å². The van der Waals surface area contributed by atoms with Crippen LogP contribution >= 0.6 is 27.5 Å². The summed E-state index contributed by atoms with van der Waals surface area (Å²) >= 11 is 9.45. The van der Waals surface area contributed by atoms with Gasteiger partial charge in [0.05, 0.1) is 10.4 Å². The van der Waals surface area contributed by atoms with Crippen molar-refractivity contribution in [3.8, 4) is 5.88 Å². The third kappa shape index (κ3) is 2.03. The molecule has 0 aliphatic heterocycles. The molecule has 0 spiro atoms. The number of hydrogen-bond acceptors (Lipinski definition) is 3. The molecule has 1 heterocycles. The summed E-state index contributed by atoms with van der Waals surface area (Å²) in [5.74, 6) is -0.188. The standard InChI is InChI=1S/C11H7BrClNO2/c1-6(15)16-11-9-7(4-5-14-11)2-3-8(12)10(9)13/h2-5H,1H3. The predicted molar refractivity (Wildman–Crippen MR) is 65.8 cm³/mol. The molecule has 1 aromatic heterocycles. The van der Waals surface area contributed by atoms with Gasteiger partial charge in [0, 0.05) is 17.6 Å². The predicted octanol–water partition coefficient (Wildman–Crippen LogP) is 3.58. The number of esters is 1. The van der Waals surface area contributed by atoms with Crippen LogP contribution in [0.3, 0.4) is 0 Å². The Balaban J connectivity index is 2.74. The molecule has 2 aromatic rings. The third-order valence-electron chi connectivity index (χ3n) is 2.03. The van der Waals surface area contributed by atoms with Crippen molar-refractivity contribution in [1.82, 2.24) is 4.98 Å². The van der Waals surface area contributed by atoms with Gasteiger partial charge in [-0.15, -0.1) is 0 Å². The number of carbonyl (C=O) groups is 1. The molecule has 0 aliphatic carbocycles. The normalized spacial score (nSPS) is 10.4. The van der Waals surface area contributed by atoms with E-state index in [0.29, 0.717) is 10.4 Å². The molecule has 0 unspecified atom stereocenters. The second-order valence-corrected chi connectivity index (χ2v) is 4.40. The summed E-state index contributed by atoms with van der Waals surface area (Å²) in [5, 5.41) is 2.00. The number of pyridine rings is 1. The Bertz CT molecular complexity index is 571. The topological polar surface area (TPSA) is 39.2 Å².